The fraction of sp³-hybridized carbons (Fsp3) is 0.500. The number of carbonyl (C=O) groups is 2. The minimum atomic E-state index is -0.373. The molecule has 3 rings (SSSR count). The molecule has 0 bridgehead atoms. The van der Waals surface area contributed by atoms with Gasteiger partial charge in [-0.25, -0.2) is 0 Å². The van der Waals surface area contributed by atoms with E-state index in [2.05, 4.69) is 20.9 Å². The highest BCUT2D eigenvalue weighted by Gasteiger charge is 2.33. The van der Waals surface area contributed by atoms with Crippen LogP contribution >= 0.6 is 0 Å². The smallest absolute Gasteiger partial charge is 0.243 e. The first-order valence-corrected chi connectivity index (χ1v) is 11.4. The van der Waals surface area contributed by atoms with E-state index in [-0.39, 0.29) is 23.8 Å². The number of hydrogen-bond acceptors (Lipinski definition) is 5. The molecule has 0 radical (unpaired) electrons. The molecule has 1 fully saturated rings. The van der Waals surface area contributed by atoms with Gasteiger partial charge >= 0.3 is 0 Å². The number of ether oxygens (including phenoxy) is 1. The molecule has 7 heteroatoms. The molecule has 2 aromatic rings. The standard InChI is InChI=1S/C20H26N2O3.C4H5NO.C2H6/c1-5-15-8-9-16(18(12-15)25-4)13-21-20(24)17-7-6-10-22(17)19(23)11-14(2)3;1-4-2-3-6-5-4;1-2/h1,8-9,12,14,17H,6-7,10-11,13H2,2-4H3,(H,21,24);2-3H,1H3;1-2H3. The van der Waals surface area contributed by atoms with Gasteiger partial charge in [0, 0.05) is 36.7 Å². The number of benzene rings is 1. The Kier molecular flexibility index (Phi) is 12.4. The predicted octanol–water partition coefficient (Wildman–Crippen LogP) is 4.34. The SMILES string of the molecule is C#Cc1ccc(CNC(=O)C2CCCN2C(=O)CC(C)C)c(OC)c1.CC.Cc1ccon1. The molecule has 1 aliphatic rings. The first kappa shape index (κ1) is 27.8. The van der Waals surface area contributed by atoms with E-state index in [0.717, 1.165) is 23.2 Å². The van der Waals surface area contributed by atoms with Crippen LogP contribution in [0.4, 0.5) is 0 Å². The van der Waals surface area contributed by atoms with Crippen LogP contribution in [0.3, 0.4) is 0 Å². The summed E-state index contributed by atoms with van der Waals surface area (Å²) in [5.74, 6) is 3.44. The Labute approximate surface area is 197 Å². The second kappa shape index (κ2) is 14.7. The average Bonchev–Trinajstić information content (AvgIpc) is 3.50. The van der Waals surface area contributed by atoms with Gasteiger partial charge in [-0.1, -0.05) is 44.8 Å². The first-order chi connectivity index (χ1) is 15.8. The van der Waals surface area contributed by atoms with E-state index in [1.54, 1.807) is 30.4 Å². The lowest BCUT2D eigenvalue weighted by atomic mass is 10.1. The van der Waals surface area contributed by atoms with Crippen LogP contribution in [0.15, 0.2) is 35.1 Å². The minimum Gasteiger partial charge on any atom is -0.496 e. The Hall–Kier alpha value is -3.27. The quantitative estimate of drug-likeness (QED) is 0.655. The lowest BCUT2D eigenvalue weighted by Crippen LogP contribution is -2.46. The number of nitrogens with zero attached hydrogens (tertiary/aromatic N) is 2. The van der Waals surface area contributed by atoms with E-state index in [1.807, 2.05) is 46.8 Å². The number of amides is 2. The number of likely N-dealkylation sites (tertiary alicyclic amines) is 1. The zero-order valence-corrected chi connectivity index (χ0v) is 20.7. The van der Waals surface area contributed by atoms with Crippen LogP contribution in [0, 0.1) is 25.2 Å². The van der Waals surface area contributed by atoms with Gasteiger partial charge in [0.1, 0.15) is 18.1 Å². The van der Waals surface area contributed by atoms with Crippen molar-refractivity contribution in [1.82, 2.24) is 15.4 Å². The molecule has 0 spiro atoms. The van der Waals surface area contributed by atoms with Gasteiger partial charge in [-0.15, -0.1) is 6.42 Å². The maximum Gasteiger partial charge on any atom is 0.243 e. The number of rotatable bonds is 6. The topological polar surface area (TPSA) is 84.7 Å². The largest absolute Gasteiger partial charge is 0.496 e. The number of carbonyl (C=O) groups excluding carboxylic acids is 2. The highest BCUT2D eigenvalue weighted by atomic mass is 16.5. The van der Waals surface area contributed by atoms with Crippen molar-refractivity contribution in [2.45, 2.75) is 66.5 Å². The summed E-state index contributed by atoms with van der Waals surface area (Å²) in [6, 6.07) is 6.88. The fourth-order valence-electron chi connectivity index (χ4n) is 3.36. The Balaban J connectivity index is 0.000000578. The van der Waals surface area contributed by atoms with Gasteiger partial charge in [0.25, 0.3) is 0 Å². The lowest BCUT2D eigenvalue weighted by molar-refractivity contribution is -0.139. The van der Waals surface area contributed by atoms with Gasteiger partial charge in [0.15, 0.2) is 0 Å². The normalized spacial score (nSPS) is 14.4. The van der Waals surface area contributed by atoms with Gasteiger partial charge in [-0.3, -0.25) is 9.59 Å². The number of aryl methyl sites for hydroxylation is 1. The Morgan fingerprint density at radius 1 is 1.33 bits per heavy atom. The minimum absolute atomic E-state index is 0.0589. The van der Waals surface area contributed by atoms with Crippen LogP contribution in [-0.2, 0) is 16.1 Å². The van der Waals surface area contributed by atoms with Crippen molar-refractivity contribution >= 4 is 11.8 Å². The summed E-state index contributed by atoms with van der Waals surface area (Å²) in [6.45, 7) is 10.9. The molecular weight excluding hydrogens is 418 g/mol. The maximum absolute atomic E-state index is 12.6. The van der Waals surface area contributed by atoms with Crippen LogP contribution in [-0.4, -0.2) is 41.6 Å². The summed E-state index contributed by atoms with van der Waals surface area (Å²) in [4.78, 5) is 26.6. The molecule has 1 saturated heterocycles. The van der Waals surface area contributed by atoms with E-state index in [0.29, 0.717) is 31.7 Å². The zero-order chi connectivity index (χ0) is 24.8. The summed E-state index contributed by atoms with van der Waals surface area (Å²) < 4.78 is 9.80. The van der Waals surface area contributed by atoms with Crippen LogP contribution < -0.4 is 10.1 Å². The average molecular weight is 456 g/mol. The Morgan fingerprint density at radius 2 is 2.06 bits per heavy atom. The molecule has 0 saturated carbocycles. The monoisotopic (exact) mass is 455 g/mol. The first-order valence-electron chi connectivity index (χ1n) is 11.4. The number of methoxy groups -OCH3 is 1. The molecule has 180 valence electrons. The molecule has 1 aromatic heterocycles. The second-order valence-electron chi connectivity index (χ2n) is 7.87. The molecule has 33 heavy (non-hydrogen) atoms. The van der Waals surface area contributed by atoms with Crippen LogP contribution in [0.1, 0.15) is 63.8 Å². The van der Waals surface area contributed by atoms with Crippen LogP contribution in [0.2, 0.25) is 0 Å². The third-order valence-corrected chi connectivity index (χ3v) is 4.93. The second-order valence-corrected chi connectivity index (χ2v) is 7.87. The summed E-state index contributed by atoms with van der Waals surface area (Å²) in [5, 5.41) is 6.47. The van der Waals surface area contributed by atoms with Crippen molar-refractivity contribution in [2.24, 2.45) is 5.92 Å². The molecule has 2 amide bonds. The third-order valence-electron chi connectivity index (χ3n) is 4.93. The van der Waals surface area contributed by atoms with Gasteiger partial charge in [-0.05, 0) is 37.8 Å². The third kappa shape index (κ3) is 9.01. The molecule has 1 unspecified atom stereocenters. The Bertz CT molecular complexity index is 901. The van der Waals surface area contributed by atoms with Gasteiger partial charge in [0.2, 0.25) is 11.8 Å². The van der Waals surface area contributed by atoms with E-state index >= 15 is 0 Å². The molecule has 1 atom stereocenters. The summed E-state index contributed by atoms with van der Waals surface area (Å²) in [5.41, 5.74) is 2.51. The summed E-state index contributed by atoms with van der Waals surface area (Å²) >= 11 is 0. The number of nitrogens with one attached hydrogen (secondary N) is 1. The van der Waals surface area contributed by atoms with Crippen molar-refractivity contribution in [3.63, 3.8) is 0 Å². The van der Waals surface area contributed by atoms with Gasteiger partial charge in [-0.2, -0.15) is 0 Å². The molecule has 1 N–H and O–H groups in total. The van der Waals surface area contributed by atoms with Gasteiger partial charge < -0.3 is 19.5 Å². The van der Waals surface area contributed by atoms with Crippen molar-refractivity contribution in [2.75, 3.05) is 13.7 Å². The molecular formula is C26H37N3O4. The van der Waals surface area contributed by atoms with Crippen molar-refractivity contribution in [3.05, 3.63) is 47.3 Å². The molecule has 7 nitrogen and oxygen atoms in total. The van der Waals surface area contributed by atoms with Gasteiger partial charge in [0.05, 0.1) is 12.8 Å². The molecule has 1 aromatic carbocycles. The van der Waals surface area contributed by atoms with E-state index < -0.39 is 0 Å². The van der Waals surface area contributed by atoms with E-state index in [4.69, 9.17) is 11.2 Å². The summed E-state index contributed by atoms with van der Waals surface area (Å²) in [6.07, 6.45) is 9.00. The lowest BCUT2D eigenvalue weighted by Gasteiger charge is -2.25. The fourth-order valence-corrected chi connectivity index (χ4v) is 3.36. The van der Waals surface area contributed by atoms with E-state index in [9.17, 15) is 9.59 Å². The van der Waals surface area contributed by atoms with Crippen molar-refractivity contribution in [3.8, 4) is 18.1 Å². The molecule has 2 heterocycles. The highest BCUT2D eigenvalue weighted by molar-refractivity contribution is 5.88. The maximum atomic E-state index is 12.6. The van der Waals surface area contributed by atoms with Crippen molar-refractivity contribution in [1.29, 1.82) is 0 Å². The van der Waals surface area contributed by atoms with Crippen LogP contribution in [0.25, 0.3) is 0 Å². The summed E-state index contributed by atoms with van der Waals surface area (Å²) in [7, 11) is 1.57. The zero-order valence-electron chi connectivity index (χ0n) is 20.7. The molecule has 1 aliphatic heterocycles. The Morgan fingerprint density at radius 3 is 2.58 bits per heavy atom. The van der Waals surface area contributed by atoms with Crippen molar-refractivity contribution < 1.29 is 18.8 Å². The predicted molar refractivity (Wildman–Crippen MR) is 130 cm³/mol. The van der Waals surface area contributed by atoms with Crippen LogP contribution in [0.5, 0.6) is 5.75 Å². The molecule has 0 aliphatic carbocycles. The number of aromatic nitrogens is 1. The number of terminal acetylenes is 1. The van der Waals surface area contributed by atoms with E-state index in [1.165, 1.54) is 0 Å². The number of hydrogen-bond donors (Lipinski definition) is 1. The highest BCUT2D eigenvalue weighted by Crippen LogP contribution is 2.22.